The predicted octanol–water partition coefficient (Wildman–Crippen LogP) is 7.33. The Bertz CT molecular complexity index is 1280. The van der Waals surface area contributed by atoms with Crippen LogP contribution in [-0.2, 0) is 11.2 Å². The van der Waals surface area contributed by atoms with Crippen molar-refractivity contribution in [2.24, 2.45) is 11.8 Å². The van der Waals surface area contributed by atoms with E-state index in [0.29, 0.717) is 24.9 Å². The quantitative estimate of drug-likeness (QED) is 0.156. The molecule has 43 heavy (non-hydrogen) atoms. The fraction of sp³-hybridized carbons (Fsp3) is 0.447. The van der Waals surface area contributed by atoms with Crippen molar-refractivity contribution in [2.45, 2.75) is 52.4 Å². The first-order valence-corrected chi connectivity index (χ1v) is 15.7. The van der Waals surface area contributed by atoms with Crippen LogP contribution in [0, 0.1) is 23.7 Å². The molecule has 5 nitrogen and oxygen atoms in total. The van der Waals surface area contributed by atoms with Crippen LogP contribution < -0.4 is 9.47 Å². The number of rotatable bonds is 17. The van der Waals surface area contributed by atoms with E-state index in [2.05, 4.69) is 61.7 Å². The minimum absolute atomic E-state index is 0.266. The standard InChI is InChI=1S/C38H50N2O3/c1-6-7-25-40(38(41)18-12-15-33-21-23-36(42-5)24-22-33)28-31(2)26-35(29-39(3)4)30-43-37-17-11-16-34(27-37)20-19-32-13-9-8-10-14-32/h8-11,13-14,16-17,21-24,27,31,35H,6-7,12,15,18,25-26,28-30H2,1-5H3. The van der Waals surface area contributed by atoms with Crippen LogP contribution >= 0.6 is 0 Å². The van der Waals surface area contributed by atoms with E-state index < -0.39 is 0 Å². The van der Waals surface area contributed by atoms with E-state index in [0.717, 1.165) is 74.4 Å². The summed E-state index contributed by atoms with van der Waals surface area (Å²) < 4.78 is 11.6. The second-order valence-corrected chi connectivity index (χ2v) is 11.8. The lowest BCUT2D eigenvalue weighted by molar-refractivity contribution is -0.132. The van der Waals surface area contributed by atoms with Crippen LogP contribution in [-0.4, -0.2) is 63.2 Å². The molecule has 3 rings (SSSR count). The third-order valence-electron chi connectivity index (χ3n) is 7.49. The van der Waals surface area contributed by atoms with Crippen molar-refractivity contribution in [1.29, 1.82) is 0 Å². The van der Waals surface area contributed by atoms with Gasteiger partial charge in [0.1, 0.15) is 11.5 Å². The Labute approximate surface area is 260 Å². The van der Waals surface area contributed by atoms with Crippen molar-refractivity contribution in [3.8, 4) is 23.3 Å². The number of amides is 1. The molecule has 0 radical (unpaired) electrons. The Balaban J connectivity index is 1.54. The zero-order valence-corrected chi connectivity index (χ0v) is 26.9. The summed E-state index contributed by atoms with van der Waals surface area (Å²) in [4.78, 5) is 17.6. The molecular weight excluding hydrogens is 532 g/mol. The normalized spacial score (nSPS) is 12.2. The Morgan fingerprint density at radius 2 is 1.58 bits per heavy atom. The van der Waals surface area contributed by atoms with E-state index >= 15 is 0 Å². The molecule has 2 unspecified atom stereocenters. The zero-order valence-electron chi connectivity index (χ0n) is 26.9. The summed E-state index contributed by atoms with van der Waals surface area (Å²) in [6, 6.07) is 26.2. The Morgan fingerprint density at radius 1 is 0.860 bits per heavy atom. The molecule has 3 aromatic rings. The van der Waals surface area contributed by atoms with Crippen molar-refractivity contribution in [1.82, 2.24) is 9.80 Å². The van der Waals surface area contributed by atoms with Crippen LogP contribution in [0.4, 0.5) is 0 Å². The Hall–Kier alpha value is -3.75. The molecule has 2 atom stereocenters. The number of ether oxygens (including phenoxy) is 2. The topological polar surface area (TPSA) is 42.0 Å². The lowest BCUT2D eigenvalue weighted by atomic mass is 9.95. The van der Waals surface area contributed by atoms with Gasteiger partial charge in [0.25, 0.3) is 0 Å². The molecule has 0 fully saturated rings. The molecule has 0 saturated heterocycles. The molecule has 0 saturated carbocycles. The summed E-state index contributed by atoms with van der Waals surface area (Å²) >= 11 is 0. The van der Waals surface area contributed by atoms with Crippen molar-refractivity contribution >= 4 is 5.91 Å². The van der Waals surface area contributed by atoms with E-state index in [1.54, 1.807) is 7.11 Å². The van der Waals surface area contributed by atoms with Gasteiger partial charge >= 0.3 is 0 Å². The van der Waals surface area contributed by atoms with Gasteiger partial charge in [0.15, 0.2) is 0 Å². The first-order chi connectivity index (χ1) is 20.9. The highest BCUT2D eigenvalue weighted by Gasteiger charge is 2.20. The second kappa shape index (κ2) is 18.7. The fourth-order valence-electron chi connectivity index (χ4n) is 5.34. The molecule has 3 aromatic carbocycles. The molecular formula is C38H50N2O3. The number of hydrogen-bond donors (Lipinski definition) is 0. The summed E-state index contributed by atoms with van der Waals surface area (Å²) in [5.41, 5.74) is 3.18. The van der Waals surface area contributed by atoms with E-state index in [1.807, 2.05) is 66.7 Å². The van der Waals surface area contributed by atoms with Crippen LogP contribution in [0.25, 0.3) is 0 Å². The fourth-order valence-corrected chi connectivity index (χ4v) is 5.34. The molecule has 0 aliphatic carbocycles. The number of hydrogen-bond acceptors (Lipinski definition) is 4. The van der Waals surface area contributed by atoms with Gasteiger partial charge in [-0.05, 0) is 93.7 Å². The van der Waals surface area contributed by atoms with Crippen molar-refractivity contribution in [3.63, 3.8) is 0 Å². The van der Waals surface area contributed by atoms with E-state index in [1.165, 1.54) is 5.56 Å². The van der Waals surface area contributed by atoms with Gasteiger partial charge in [0, 0.05) is 43.1 Å². The largest absolute Gasteiger partial charge is 0.497 e. The summed E-state index contributed by atoms with van der Waals surface area (Å²) in [6.07, 6.45) is 5.44. The van der Waals surface area contributed by atoms with Crippen LogP contribution in [0.3, 0.4) is 0 Å². The maximum absolute atomic E-state index is 13.3. The summed E-state index contributed by atoms with van der Waals surface area (Å²) in [6.45, 7) is 7.63. The first-order valence-electron chi connectivity index (χ1n) is 15.7. The molecule has 1 amide bonds. The smallest absolute Gasteiger partial charge is 0.222 e. The van der Waals surface area contributed by atoms with E-state index in [4.69, 9.17) is 9.47 Å². The number of unbranched alkanes of at least 4 members (excludes halogenated alkanes) is 1. The highest BCUT2D eigenvalue weighted by atomic mass is 16.5. The van der Waals surface area contributed by atoms with Gasteiger partial charge in [-0.1, -0.05) is 68.5 Å². The van der Waals surface area contributed by atoms with Crippen LogP contribution in [0.15, 0.2) is 78.9 Å². The minimum Gasteiger partial charge on any atom is -0.497 e. The molecule has 5 heteroatoms. The van der Waals surface area contributed by atoms with Crippen molar-refractivity contribution in [2.75, 3.05) is 47.4 Å². The maximum atomic E-state index is 13.3. The molecule has 0 aliphatic heterocycles. The predicted molar refractivity (Wildman–Crippen MR) is 178 cm³/mol. The number of aryl methyl sites for hydroxylation is 1. The summed E-state index contributed by atoms with van der Waals surface area (Å²) in [5, 5.41) is 0. The summed E-state index contributed by atoms with van der Waals surface area (Å²) in [7, 11) is 5.90. The average Bonchev–Trinajstić information content (AvgIpc) is 3.01. The highest BCUT2D eigenvalue weighted by molar-refractivity contribution is 5.76. The summed E-state index contributed by atoms with van der Waals surface area (Å²) in [5.74, 6) is 9.16. The van der Waals surface area contributed by atoms with Crippen LogP contribution in [0.2, 0.25) is 0 Å². The maximum Gasteiger partial charge on any atom is 0.222 e. The van der Waals surface area contributed by atoms with Gasteiger partial charge in [-0.2, -0.15) is 0 Å². The Morgan fingerprint density at radius 3 is 2.28 bits per heavy atom. The monoisotopic (exact) mass is 582 g/mol. The number of benzene rings is 3. The highest BCUT2D eigenvalue weighted by Crippen LogP contribution is 2.20. The molecule has 0 aromatic heterocycles. The molecule has 0 spiro atoms. The first kappa shape index (κ1) is 33.7. The minimum atomic E-state index is 0.266. The third-order valence-corrected chi connectivity index (χ3v) is 7.49. The van der Waals surface area contributed by atoms with Gasteiger partial charge in [-0.25, -0.2) is 0 Å². The molecule has 0 heterocycles. The SMILES string of the molecule is CCCCN(CC(C)CC(COc1cccc(C#Cc2ccccc2)c1)CN(C)C)C(=O)CCCc1ccc(OC)cc1. The lowest BCUT2D eigenvalue weighted by Crippen LogP contribution is -2.37. The Kier molecular flexibility index (Phi) is 14.7. The zero-order chi connectivity index (χ0) is 30.9. The molecule has 0 aliphatic rings. The second-order valence-electron chi connectivity index (χ2n) is 11.8. The van der Waals surface area contributed by atoms with E-state index in [-0.39, 0.29) is 5.91 Å². The van der Waals surface area contributed by atoms with Gasteiger partial charge < -0.3 is 19.3 Å². The number of carbonyl (C=O) groups excluding carboxylic acids is 1. The third kappa shape index (κ3) is 13.0. The van der Waals surface area contributed by atoms with Crippen molar-refractivity contribution in [3.05, 3.63) is 95.6 Å². The van der Waals surface area contributed by atoms with Crippen LogP contribution in [0.1, 0.15) is 62.6 Å². The molecule has 230 valence electrons. The lowest BCUT2D eigenvalue weighted by Gasteiger charge is -2.29. The van der Waals surface area contributed by atoms with Gasteiger partial charge in [0.2, 0.25) is 5.91 Å². The van der Waals surface area contributed by atoms with Crippen molar-refractivity contribution < 1.29 is 14.3 Å². The van der Waals surface area contributed by atoms with Crippen LogP contribution in [0.5, 0.6) is 11.5 Å². The van der Waals surface area contributed by atoms with Gasteiger partial charge in [-0.3, -0.25) is 4.79 Å². The number of nitrogens with zero attached hydrogens (tertiary/aromatic N) is 2. The average molecular weight is 583 g/mol. The number of carbonyl (C=O) groups is 1. The molecule has 0 N–H and O–H groups in total. The van der Waals surface area contributed by atoms with Gasteiger partial charge in [-0.15, -0.1) is 0 Å². The number of methoxy groups -OCH3 is 1. The van der Waals surface area contributed by atoms with Gasteiger partial charge in [0.05, 0.1) is 13.7 Å². The van der Waals surface area contributed by atoms with E-state index in [9.17, 15) is 4.79 Å². The molecule has 0 bridgehead atoms.